The zero-order valence-corrected chi connectivity index (χ0v) is 80.7. The molecule has 5 heteroatoms. The summed E-state index contributed by atoms with van der Waals surface area (Å²) in [5.74, 6) is 0. The van der Waals surface area contributed by atoms with Crippen molar-refractivity contribution in [2.75, 3.05) is 14.7 Å². The minimum atomic E-state index is -0.0724. The number of hydrogen-bond donors (Lipinski definition) is 0. The van der Waals surface area contributed by atoms with Crippen LogP contribution in [0.15, 0.2) is 467 Å². The molecule has 0 radical (unpaired) electrons. The van der Waals surface area contributed by atoms with Gasteiger partial charge in [-0.2, -0.15) is 0 Å². The second-order valence-electron chi connectivity index (χ2n) is 39.8. The quantitative estimate of drug-likeness (QED) is 0.114. The summed E-state index contributed by atoms with van der Waals surface area (Å²) in [7, 11) is 0. The Balaban J connectivity index is 0.000000110. The van der Waals surface area contributed by atoms with Crippen molar-refractivity contribution in [2.24, 2.45) is 0 Å². The van der Waals surface area contributed by atoms with Gasteiger partial charge in [-0.15, -0.1) is 22.7 Å². The summed E-state index contributed by atoms with van der Waals surface area (Å²) in [6.45, 7) is 18.8. The van der Waals surface area contributed by atoms with Crippen molar-refractivity contribution in [1.82, 2.24) is 0 Å². The highest BCUT2D eigenvalue weighted by atomic mass is 32.1. The van der Waals surface area contributed by atoms with Crippen molar-refractivity contribution in [2.45, 2.75) is 77.0 Å². The molecule has 0 spiro atoms. The molecule has 27 rings (SSSR count). The fourth-order valence-electron chi connectivity index (χ4n) is 23.2. The third-order valence-corrected chi connectivity index (χ3v) is 32.8. The normalized spacial score (nSPS) is 13.7. The molecule has 21 aromatic carbocycles. The van der Waals surface area contributed by atoms with Crippen molar-refractivity contribution in [3.63, 3.8) is 0 Å². The first-order valence-corrected chi connectivity index (χ1v) is 50.2. The predicted molar refractivity (Wildman–Crippen MR) is 596 cm³/mol. The van der Waals surface area contributed by atoms with Crippen LogP contribution in [0.2, 0.25) is 0 Å². The largest absolute Gasteiger partial charge is 0.311 e. The van der Waals surface area contributed by atoms with Crippen molar-refractivity contribution in [3.8, 4) is 89.0 Å². The predicted octanol–water partition coefficient (Wildman–Crippen LogP) is 38.4. The maximum absolute atomic E-state index is 2.44. The highest BCUT2D eigenvalue weighted by molar-refractivity contribution is 7.26. The molecule has 4 aliphatic carbocycles. The molecule has 139 heavy (non-hydrogen) atoms. The van der Waals surface area contributed by atoms with Crippen LogP contribution in [0.3, 0.4) is 0 Å². The zero-order valence-electron chi connectivity index (χ0n) is 79.1. The molecular formula is C134H101N3S2. The molecular weight excluding hydrogens is 1720 g/mol. The van der Waals surface area contributed by atoms with Crippen LogP contribution in [0.25, 0.3) is 151 Å². The van der Waals surface area contributed by atoms with Crippen molar-refractivity contribution >= 4 is 136 Å². The molecule has 2 heterocycles. The fourth-order valence-corrected chi connectivity index (χ4v) is 25.5. The minimum absolute atomic E-state index is 0.0130. The van der Waals surface area contributed by atoms with Crippen LogP contribution < -0.4 is 14.7 Å². The van der Waals surface area contributed by atoms with Gasteiger partial charge in [0.05, 0.1) is 5.69 Å². The van der Waals surface area contributed by atoms with Gasteiger partial charge in [0.2, 0.25) is 0 Å². The lowest BCUT2D eigenvalue weighted by Gasteiger charge is -2.29. The highest BCUT2D eigenvalue weighted by Crippen LogP contribution is 2.57. The van der Waals surface area contributed by atoms with Gasteiger partial charge in [0.1, 0.15) is 0 Å². The average molecular weight is 1820 g/mol. The van der Waals surface area contributed by atoms with Gasteiger partial charge >= 0.3 is 0 Å². The number of thiophene rings is 2. The van der Waals surface area contributed by atoms with Gasteiger partial charge in [-0.25, -0.2) is 0 Å². The van der Waals surface area contributed by atoms with E-state index in [4.69, 9.17) is 0 Å². The molecule has 0 saturated carbocycles. The summed E-state index contributed by atoms with van der Waals surface area (Å²) < 4.78 is 5.35. The van der Waals surface area contributed by atoms with E-state index >= 15 is 0 Å². The molecule has 0 N–H and O–H groups in total. The van der Waals surface area contributed by atoms with Gasteiger partial charge in [-0.1, -0.05) is 383 Å². The Morgan fingerprint density at radius 1 is 0.158 bits per heavy atom. The number of para-hydroxylation sites is 1. The van der Waals surface area contributed by atoms with Gasteiger partial charge < -0.3 is 14.7 Å². The number of nitrogens with zero attached hydrogens (tertiary/aromatic N) is 3. The Labute approximate surface area is 821 Å². The molecule has 2 aromatic heterocycles. The van der Waals surface area contributed by atoms with Gasteiger partial charge in [0.25, 0.3) is 0 Å². The maximum atomic E-state index is 2.44. The lowest BCUT2D eigenvalue weighted by Crippen LogP contribution is -2.16. The summed E-state index contributed by atoms with van der Waals surface area (Å²) in [6, 6.07) is 172. The smallest absolute Gasteiger partial charge is 0.0540 e. The van der Waals surface area contributed by atoms with Crippen molar-refractivity contribution in [1.29, 1.82) is 0 Å². The van der Waals surface area contributed by atoms with Crippen LogP contribution in [-0.4, -0.2) is 0 Å². The second-order valence-corrected chi connectivity index (χ2v) is 41.9. The van der Waals surface area contributed by atoms with Crippen LogP contribution in [0.1, 0.15) is 99.9 Å². The van der Waals surface area contributed by atoms with Gasteiger partial charge in [0.15, 0.2) is 0 Å². The number of rotatable bonds is 13. The van der Waals surface area contributed by atoms with E-state index in [2.05, 4.69) is 537 Å². The Kier molecular flexibility index (Phi) is 20.4. The lowest BCUT2D eigenvalue weighted by molar-refractivity contribution is 0.660. The third-order valence-electron chi connectivity index (χ3n) is 30.4. The molecule has 0 aliphatic heterocycles. The van der Waals surface area contributed by atoms with Crippen LogP contribution in [0.4, 0.5) is 51.2 Å². The van der Waals surface area contributed by atoms with E-state index < -0.39 is 0 Å². The van der Waals surface area contributed by atoms with Crippen molar-refractivity contribution in [3.05, 3.63) is 512 Å². The fraction of sp³-hybridized carbons (Fsp3) is 0.0896. The van der Waals surface area contributed by atoms with E-state index in [1.54, 1.807) is 0 Å². The minimum Gasteiger partial charge on any atom is -0.311 e. The summed E-state index contributed by atoms with van der Waals surface area (Å²) in [4.78, 5) is 7.19. The zero-order chi connectivity index (χ0) is 93.6. The van der Waals surface area contributed by atoms with E-state index in [1.165, 1.54) is 212 Å². The summed E-state index contributed by atoms with van der Waals surface area (Å²) in [5, 5.41) is 10.3. The summed E-state index contributed by atoms with van der Waals surface area (Å²) in [5.41, 5.74) is 42.1. The molecule has 0 unspecified atom stereocenters. The Hall–Kier alpha value is -16.0. The van der Waals surface area contributed by atoms with E-state index in [0.717, 1.165) is 34.1 Å². The SMILES string of the molecule is CC1(C)c2ccccc2-c2cc(-c3ccc(N(c4ccc5c(c4)C(C)(C)c4ccccc4-5)c4ccc5ccccc5c4)cc3)ccc21.CC1(C)c2ccccc2-c2cc(-c3ccc(N(c4ccc5c(c4)C(C)(C)c4ccccc4-5)c4cccc5ccccc45)cc3)ccc21.c1ccc(N(c2ccc(-c3ccc4sc5ccccc5c4c3)cc2)c2ccc(-c3cccc4c3sc3ccccc34)cc2)cc1. The molecule has 0 atom stereocenters. The molecule has 23 aromatic rings. The standard InChI is InChI=1S/2C46H37N.C42H27NS2/c1-45(2)41-18-10-8-16-37(41)39-28-32(22-27-42(39)45)30-20-23-33(24-21-30)47(44-19-11-13-31-12-5-6-14-35(31)44)34-25-26-38-36-15-7-9-17-40(36)46(3,4)43(38)29-34;1-45(2)42-16-10-8-14-38(42)40-28-33(20-26-43(40)45)31-17-21-34(22-18-31)47(35-23-19-30-11-5-6-12-32(30)27-35)36-24-25-39-37-13-7-9-15-41(37)46(3,4)44(39)29-36;1-2-9-31(10-3-1)43(32-22-17-28(18-23-32)30-21-26-41-38(27-30)36-12-5-6-15-39(36)44-41)33-24-19-29(20-25-33)34-13-8-14-37-35-11-4-7-16-40(35)45-42(34)37/h2*5-29H,1-4H3;1-27H. The maximum Gasteiger partial charge on any atom is 0.0540 e. The van der Waals surface area contributed by atoms with Gasteiger partial charge in [0, 0.05) is 113 Å². The monoisotopic (exact) mass is 1820 g/mol. The molecule has 0 bridgehead atoms. The Bertz CT molecular complexity index is 8800. The number of anilines is 9. The van der Waals surface area contributed by atoms with Gasteiger partial charge in [-0.05, 0) is 289 Å². The lowest BCUT2D eigenvalue weighted by atomic mass is 9.82. The van der Waals surface area contributed by atoms with E-state index in [9.17, 15) is 0 Å². The van der Waals surface area contributed by atoms with Crippen LogP contribution in [-0.2, 0) is 21.7 Å². The first-order valence-electron chi connectivity index (χ1n) is 48.6. The Morgan fingerprint density at radius 2 is 0.482 bits per heavy atom. The topological polar surface area (TPSA) is 9.72 Å². The van der Waals surface area contributed by atoms with E-state index in [0.29, 0.717) is 0 Å². The number of benzene rings is 21. The number of hydrogen-bond acceptors (Lipinski definition) is 5. The Morgan fingerprint density at radius 3 is 1.02 bits per heavy atom. The second kappa shape index (κ2) is 33.5. The average Bonchev–Trinajstić information content (AvgIpc) is 1.59. The number of fused-ring (bicyclic) bond motifs is 20. The first-order chi connectivity index (χ1) is 67.9. The van der Waals surface area contributed by atoms with E-state index in [-0.39, 0.29) is 21.7 Å². The highest BCUT2D eigenvalue weighted by Gasteiger charge is 2.40. The van der Waals surface area contributed by atoms with E-state index in [1.807, 2.05) is 22.7 Å². The molecule has 0 fully saturated rings. The van der Waals surface area contributed by atoms with Crippen LogP contribution in [0.5, 0.6) is 0 Å². The molecule has 0 amide bonds. The first kappa shape index (κ1) is 84.7. The third kappa shape index (κ3) is 14.3. The molecule has 4 aliphatic rings. The molecule has 664 valence electrons. The van der Waals surface area contributed by atoms with Gasteiger partial charge in [-0.3, -0.25) is 0 Å². The van der Waals surface area contributed by atoms with Crippen LogP contribution >= 0.6 is 22.7 Å². The summed E-state index contributed by atoms with van der Waals surface area (Å²) >= 11 is 3.74. The molecule has 0 saturated heterocycles. The van der Waals surface area contributed by atoms with Crippen molar-refractivity contribution < 1.29 is 0 Å². The van der Waals surface area contributed by atoms with Crippen LogP contribution in [0, 0.1) is 0 Å². The molecule has 3 nitrogen and oxygen atoms in total. The summed E-state index contributed by atoms with van der Waals surface area (Å²) in [6.07, 6.45) is 0.